The van der Waals surface area contributed by atoms with Crippen molar-refractivity contribution in [2.75, 3.05) is 5.32 Å². The summed E-state index contributed by atoms with van der Waals surface area (Å²) >= 11 is 9.16. The van der Waals surface area contributed by atoms with Crippen molar-refractivity contribution in [2.24, 2.45) is 5.92 Å². The van der Waals surface area contributed by atoms with Crippen molar-refractivity contribution < 1.29 is 14.7 Å². The number of amides is 2. The lowest BCUT2D eigenvalue weighted by Gasteiger charge is -2.17. The van der Waals surface area contributed by atoms with Crippen molar-refractivity contribution in [3.8, 4) is 0 Å². The summed E-state index contributed by atoms with van der Waals surface area (Å²) in [5, 5.41) is 14.5. The molecule has 0 heterocycles. The first kappa shape index (κ1) is 16.8. The Kier molecular flexibility index (Phi) is 6.29. The van der Waals surface area contributed by atoms with Gasteiger partial charge in [-0.3, -0.25) is 0 Å². The zero-order chi connectivity index (χ0) is 15.3. The quantitative estimate of drug-likeness (QED) is 0.746. The fraction of sp³-hybridized carbons (Fsp3) is 0.385. The minimum absolute atomic E-state index is 0.161. The first-order chi connectivity index (χ1) is 9.31. The number of halogens is 2. The van der Waals surface area contributed by atoms with Crippen LogP contribution in [-0.4, -0.2) is 23.1 Å². The van der Waals surface area contributed by atoms with Gasteiger partial charge in [-0.2, -0.15) is 0 Å². The third kappa shape index (κ3) is 5.02. The van der Waals surface area contributed by atoms with Crippen LogP contribution in [0.4, 0.5) is 10.5 Å². The van der Waals surface area contributed by atoms with E-state index in [0.29, 0.717) is 21.6 Å². The summed E-state index contributed by atoms with van der Waals surface area (Å²) < 4.78 is 0.549. The van der Waals surface area contributed by atoms with E-state index >= 15 is 0 Å². The topological polar surface area (TPSA) is 78.4 Å². The summed E-state index contributed by atoms with van der Waals surface area (Å²) in [4.78, 5) is 22.9. The van der Waals surface area contributed by atoms with Crippen LogP contribution in [0.1, 0.15) is 20.3 Å². The SMILES string of the molecule is CC(C)C[C@H](NC(=O)Nc1cccc(Cl)c1Br)C(=O)O. The van der Waals surface area contributed by atoms with Gasteiger partial charge < -0.3 is 15.7 Å². The van der Waals surface area contributed by atoms with Crippen LogP contribution >= 0.6 is 27.5 Å². The Bertz CT molecular complexity index is 508. The second-order valence-corrected chi connectivity index (χ2v) is 5.92. The van der Waals surface area contributed by atoms with E-state index in [0.717, 1.165) is 0 Å². The highest BCUT2D eigenvalue weighted by Gasteiger charge is 2.21. The van der Waals surface area contributed by atoms with E-state index in [9.17, 15) is 9.59 Å². The Balaban J connectivity index is 2.71. The van der Waals surface area contributed by atoms with Crippen LogP contribution in [0, 0.1) is 5.92 Å². The van der Waals surface area contributed by atoms with Gasteiger partial charge in [0.15, 0.2) is 0 Å². The van der Waals surface area contributed by atoms with E-state index in [1.54, 1.807) is 18.2 Å². The number of anilines is 1. The molecule has 0 saturated heterocycles. The van der Waals surface area contributed by atoms with E-state index in [-0.39, 0.29) is 5.92 Å². The normalized spacial score (nSPS) is 12.1. The van der Waals surface area contributed by atoms with Gasteiger partial charge in [-0.05, 0) is 40.4 Å². The molecule has 0 unspecified atom stereocenters. The first-order valence-electron chi connectivity index (χ1n) is 6.05. The molecule has 2 amide bonds. The Labute approximate surface area is 130 Å². The number of hydrogen-bond acceptors (Lipinski definition) is 2. The Morgan fingerprint density at radius 2 is 2.05 bits per heavy atom. The van der Waals surface area contributed by atoms with Crippen molar-refractivity contribution in [1.29, 1.82) is 0 Å². The minimum Gasteiger partial charge on any atom is -0.480 e. The Morgan fingerprint density at radius 1 is 1.40 bits per heavy atom. The van der Waals surface area contributed by atoms with E-state index in [2.05, 4.69) is 26.6 Å². The molecule has 7 heteroatoms. The van der Waals surface area contributed by atoms with Gasteiger partial charge >= 0.3 is 12.0 Å². The summed E-state index contributed by atoms with van der Waals surface area (Å²) in [6, 6.07) is 3.52. The molecule has 0 aliphatic carbocycles. The molecule has 0 aliphatic heterocycles. The molecular weight excluding hydrogens is 348 g/mol. The summed E-state index contributed by atoms with van der Waals surface area (Å²) in [6.45, 7) is 3.78. The molecule has 110 valence electrons. The standard InChI is InChI=1S/C13H16BrClN2O3/c1-7(2)6-10(12(18)19)17-13(20)16-9-5-3-4-8(15)11(9)14/h3-5,7,10H,6H2,1-2H3,(H,18,19)(H2,16,17,20)/t10-/m0/s1. The average molecular weight is 364 g/mol. The second kappa shape index (κ2) is 7.50. The number of carbonyl (C=O) groups is 2. The largest absolute Gasteiger partial charge is 0.480 e. The molecule has 1 atom stereocenters. The van der Waals surface area contributed by atoms with E-state index < -0.39 is 18.0 Å². The number of carbonyl (C=O) groups excluding carboxylic acids is 1. The maximum absolute atomic E-state index is 11.8. The van der Waals surface area contributed by atoms with Crippen molar-refractivity contribution in [1.82, 2.24) is 5.32 Å². The fourth-order valence-corrected chi connectivity index (χ4v) is 2.15. The van der Waals surface area contributed by atoms with Gasteiger partial charge in [-0.1, -0.05) is 31.5 Å². The Hall–Kier alpha value is -1.27. The minimum atomic E-state index is -1.06. The van der Waals surface area contributed by atoms with Crippen LogP contribution < -0.4 is 10.6 Å². The molecule has 1 aromatic carbocycles. The van der Waals surface area contributed by atoms with Crippen LogP contribution in [0.25, 0.3) is 0 Å². The van der Waals surface area contributed by atoms with Crippen LogP contribution in [0.3, 0.4) is 0 Å². The predicted molar refractivity (Wildman–Crippen MR) is 82.2 cm³/mol. The van der Waals surface area contributed by atoms with Crippen LogP contribution in [0.2, 0.25) is 5.02 Å². The molecule has 0 aromatic heterocycles. The third-order valence-corrected chi connectivity index (χ3v) is 3.91. The summed E-state index contributed by atoms with van der Waals surface area (Å²) in [5.41, 5.74) is 0.476. The van der Waals surface area contributed by atoms with Crippen LogP contribution in [0.5, 0.6) is 0 Å². The van der Waals surface area contributed by atoms with E-state index in [4.69, 9.17) is 16.7 Å². The van der Waals surface area contributed by atoms with Crippen LogP contribution in [-0.2, 0) is 4.79 Å². The van der Waals surface area contributed by atoms with Crippen molar-refractivity contribution in [3.63, 3.8) is 0 Å². The number of carboxylic acids is 1. The third-order valence-electron chi connectivity index (χ3n) is 2.51. The lowest BCUT2D eigenvalue weighted by molar-refractivity contribution is -0.139. The average Bonchev–Trinajstić information content (AvgIpc) is 2.33. The number of aliphatic carboxylic acids is 1. The number of benzene rings is 1. The molecule has 1 rings (SSSR count). The summed E-state index contributed by atoms with van der Waals surface area (Å²) in [7, 11) is 0. The molecule has 0 fully saturated rings. The van der Waals surface area contributed by atoms with Gasteiger partial charge in [0.25, 0.3) is 0 Å². The molecule has 0 aliphatic rings. The maximum Gasteiger partial charge on any atom is 0.326 e. The Morgan fingerprint density at radius 3 is 2.60 bits per heavy atom. The molecule has 0 bridgehead atoms. The second-order valence-electron chi connectivity index (χ2n) is 4.72. The highest BCUT2D eigenvalue weighted by atomic mass is 79.9. The highest BCUT2D eigenvalue weighted by Crippen LogP contribution is 2.29. The van der Waals surface area contributed by atoms with Crippen molar-refractivity contribution >= 4 is 45.2 Å². The number of hydrogen-bond donors (Lipinski definition) is 3. The van der Waals surface area contributed by atoms with Gasteiger partial charge in [0.05, 0.1) is 15.2 Å². The monoisotopic (exact) mass is 362 g/mol. The van der Waals surface area contributed by atoms with Gasteiger partial charge in [0.2, 0.25) is 0 Å². The molecule has 0 saturated carbocycles. The van der Waals surface area contributed by atoms with Crippen molar-refractivity contribution in [3.05, 3.63) is 27.7 Å². The van der Waals surface area contributed by atoms with Gasteiger partial charge in [0.1, 0.15) is 6.04 Å². The first-order valence-corrected chi connectivity index (χ1v) is 7.22. The van der Waals surface area contributed by atoms with E-state index in [1.807, 2.05) is 13.8 Å². The zero-order valence-corrected chi connectivity index (χ0v) is 13.5. The van der Waals surface area contributed by atoms with Crippen LogP contribution in [0.15, 0.2) is 22.7 Å². The summed E-state index contributed by atoms with van der Waals surface area (Å²) in [5.74, 6) is -0.895. The van der Waals surface area contributed by atoms with E-state index in [1.165, 1.54) is 0 Å². The number of urea groups is 1. The number of carboxylic acid groups (broad SMARTS) is 1. The predicted octanol–water partition coefficient (Wildman–Crippen LogP) is 3.72. The molecule has 1 aromatic rings. The molecule has 3 N–H and O–H groups in total. The lowest BCUT2D eigenvalue weighted by atomic mass is 10.0. The number of rotatable bonds is 5. The zero-order valence-electron chi connectivity index (χ0n) is 11.1. The highest BCUT2D eigenvalue weighted by molar-refractivity contribution is 9.10. The molecule has 5 nitrogen and oxygen atoms in total. The van der Waals surface area contributed by atoms with Crippen molar-refractivity contribution in [2.45, 2.75) is 26.3 Å². The molecule has 0 spiro atoms. The molecule has 0 radical (unpaired) electrons. The molecular formula is C13H16BrClN2O3. The molecule has 20 heavy (non-hydrogen) atoms. The lowest BCUT2D eigenvalue weighted by Crippen LogP contribution is -2.43. The number of nitrogens with one attached hydrogen (secondary N) is 2. The van der Waals surface area contributed by atoms with Gasteiger partial charge in [-0.25, -0.2) is 9.59 Å². The smallest absolute Gasteiger partial charge is 0.326 e. The maximum atomic E-state index is 11.8. The summed E-state index contributed by atoms with van der Waals surface area (Å²) in [6.07, 6.45) is 0.361. The van der Waals surface area contributed by atoms with Gasteiger partial charge in [0, 0.05) is 0 Å². The van der Waals surface area contributed by atoms with Gasteiger partial charge in [-0.15, -0.1) is 0 Å². The fourth-order valence-electron chi connectivity index (χ4n) is 1.61.